The lowest BCUT2D eigenvalue weighted by Crippen LogP contribution is -2.30. The summed E-state index contributed by atoms with van der Waals surface area (Å²) < 4.78 is 0. The molecule has 0 saturated heterocycles. The molecule has 0 aliphatic heterocycles. The molecule has 0 saturated carbocycles. The van der Waals surface area contributed by atoms with Gasteiger partial charge < -0.3 is 5.73 Å². The summed E-state index contributed by atoms with van der Waals surface area (Å²) in [6.45, 7) is 2.06. The molecule has 74 valence electrons. The van der Waals surface area contributed by atoms with E-state index in [0.717, 1.165) is 25.7 Å². The van der Waals surface area contributed by atoms with Crippen LogP contribution >= 0.6 is 0 Å². The number of hydrogen-bond donors (Lipinski definition) is 1. The van der Waals surface area contributed by atoms with Gasteiger partial charge in [-0.1, -0.05) is 25.0 Å². The van der Waals surface area contributed by atoms with Gasteiger partial charge in [0.25, 0.3) is 0 Å². The minimum Gasteiger partial charge on any atom is -0.321 e. The highest BCUT2D eigenvalue weighted by atomic mass is 16.1. The second-order valence-corrected chi connectivity index (χ2v) is 3.79. The van der Waals surface area contributed by atoms with Gasteiger partial charge in [0.15, 0.2) is 5.78 Å². The summed E-state index contributed by atoms with van der Waals surface area (Å²) >= 11 is 0. The zero-order valence-electron chi connectivity index (χ0n) is 8.38. The first-order valence-electron chi connectivity index (χ1n) is 5.20. The molecular weight excluding hydrogens is 162 g/mol. The molecule has 1 aliphatic carbocycles. The second-order valence-electron chi connectivity index (χ2n) is 3.79. The molecule has 0 spiro atoms. The number of hydrogen-bond acceptors (Lipinski definition) is 2. The van der Waals surface area contributed by atoms with E-state index in [2.05, 4.69) is 13.0 Å². The topological polar surface area (TPSA) is 43.1 Å². The summed E-state index contributed by atoms with van der Waals surface area (Å²) in [5.41, 5.74) is 7.03. The lowest BCUT2D eigenvalue weighted by Gasteiger charge is -2.09. The van der Waals surface area contributed by atoms with Gasteiger partial charge in [-0.3, -0.25) is 4.79 Å². The fourth-order valence-corrected chi connectivity index (χ4v) is 1.72. The van der Waals surface area contributed by atoms with Gasteiger partial charge in [-0.25, -0.2) is 0 Å². The second kappa shape index (κ2) is 5.18. The Kier molecular flexibility index (Phi) is 4.16. The fraction of sp³-hybridized carbons (Fsp3) is 0.727. The van der Waals surface area contributed by atoms with Crippen LogP contribution in [0.5, 0.6) is 0 Å². The third kappa shape index (κ3) is 3.31. The summed E-state index contributed by atoms with van der Waals surface area (Å²) in [6, 6.07) is -0.230. The summed E-state index contributed by atoms with van der Waals surface area (Å²) in [5.74, 6) is 0.218. The van der Waals surface area contributed by atoms with Crippen LogP contribution in [0.3, 0.4) is 0 Å². The molecule has 0 fully saturated rings. The van der Waals surface area contributed by atoms with Crippen molar-refractivity contribution in [1.82, 2.24) is 0 Å². The van der Waals surface area contributed by atoms with Crippen LogP contribution in [0.1, 0.15) is 45.4 Å². The van der Waals surface area contributed by atoms with Crippen molar-refractivity contribution in [1.29, 1.82) is 0 Å². The third-order valence-corrected chi connectivity index (χ3v) is 2.55. The van der Waals surface area contributed by atoms with Crippen molar-refractivity contribution in [2.75, 3.05) is 0 Å². The van der Waals surface area contributed by atoms with Gasteiger partial charge in [-0.2, -0.15) is 0 Å². The first kappa shape index (κ1) is 10.5. The molecule has 2 N–H and O–H groups in total. The van der Waals surface area contributed by atoms with Crippen LogP contribution in [0.4, 0.5) is 0 Å². The van der Waals surface area contributed by atoms with Crippen LogP contribution < -0.4 is 5.73 Å². The maximum Gasteiger partial charge on any atom is 0.153 e. The molecule has 1 aliphatic rings. The molecule has 1 atom stereocenters. The molecule has 0 aromatic heterocycles. The summed E-state index contributed by atoms with van der Waals surface area (Å²) in [4.78, 5) is 11.5. The third-order valence-electron chi connectivity index (χ3n) is 2.55. The largest absolute Gasteiger partial charge is 0.321 e. The van der Waals surface area contributed by atoms with E-state index in [1.54, 1.807) is 0 Å². The van der Waals surface area contributed by atoms with Crippen molar-refractivity contribution in [3.63, 3.8) is 0 Å². The zero-order chi connectivity index (χ0) is 9.68. The average Bonchev–Trinajstić information content (AvgIpc) is 2.57. The fourth-order valence-electron chi connectivity index (χ4n) is 1.72. The quantitative estimate of drug-likeness (QED) is 0.661. The smallest absolute Gasteiger partial charge is 0.153 e. The van der Waals surface area contributed by atoms with Gasteiger partial charge in [0.2, 0.25) is 0 Å². The number of Topliss-reactive ketones (excluding diaryl/α,β-unsaturated/α-hetero) is 1. The van der Waals surface area contributed by atoms with Gasteiger partial charge in [0.1, 0.15) is 0 Å². The van der Waals surface area contributed by atoms with Crippen molar-refractivity contribution in [3.05, 3.63) is 11.6 Å². The van der Waals surface area contributed by atoms with Gasteiger partial charge in [-0.05, 0) is 25.7 Å². The number of allylic oxidation sites excluding steroid dienone is 2. The van der Waals surface area contributed by atoms with Crippen LogP contribution in [0.2, 0.25) is 0 Å². The van der Waals surface area contributed by atoms with E-state index in [9.17, 15) is 4.79 Å². The van der Waals surface area contributed by atoms with E-state index >= 15 is 0 Å². The molecule has 0 heterocycles. The highest BCUT2D eigenvalue weighted by Crippen LogP contribution is 2.21. The monoisotopic (exact) mass is 181 g/mol. The van der Waals surface area contributed by atoms with Gasteiger partial charge in [-0.15, -0.1) is 0 Å². The number of ketones is 1. The number of carbonyl (C=O) groups is 1. The first-order valence-corrected chi connectivity index (χ1v) is 5.20. The maximum absolute atomic E-state index is 11.5. The summed E-state index contributed by atoms with van der Waals surface area (Å²) in [7, 11) is 0. The Hall–Kier alpha value is -0.630. The standard InChI is InChI=1S/C11H19NO/c1-2-5-10(12)11(13)8-9-6-3-4-7-9/h6,10H,2-5,7-8,12H2,1H3. The van der Waals surface area contributed by atoms with E-state index in [4.69, 9.17) is 5.73 Å². The summed E-state index contributed by atoms with van der Waals surface area (Å²) in [6.07, 6.45) is 8.07. The highest BCUT2D eigenvalue weighted by Gasteiger charge is 2.15. The van der Waals surface area contributed by atoms with Crippen molar-refractivity contribution in [3.8, 4) is 0 Å². The molecule has 0 radical (unpaired) electrons. The van der Waals surface area contributed by atoms with Crippen LogP contribution in [-0.4, -0.2) is 11.8 Å². The van der Waals surface area contributed by atoms with E-state index in [1.807, 2.05) is 0 Å². The predicted octanol–water partition coefficient (Wildman–Crippen LogP) is 2.18. The van der Waals surface area contributed by atoms with E-state index in [-0.39, 0.29) is 11.8 Å². The van der Waals surface area contributed by atoms with Gasteiger partial charge in [0.05, 0.1) is 6.04 Å². The lowest BCUT2D eigenvalue weighted by molar-refractivity contribution is -0.119. The molecule has 13 heavy (non-hydrogen) atoms. The zero-order valence-corrected chi connectivity index (χ0v) is 8.38. The normalized spacial score (nSPS) is 18.5. The molecule has 1 unspecified atom stereocenters. The van der Waals surface area contributed by atoms with Crippen LogP contribution in [0, 0.1) is 0 Å². The van der Waals surface area contributed by atoms with Crippen molar-refractivity contribution < 1.29 is 4.79 Å². The average molecular weight is 181 g/mol. The molecule has 0 amide bonds. The van der Waals surface area contributed by atoms with Crippen LogP contribution in [-0.2, 0) is 4.79 Å². The number of nitrogens with two attached hydrogens (primary N) is 1. The Labute approximate surface area is 80.2 Å². The molecule has 0 bridgehead atoms. The van der Waals surface area contributed by atoms with Crippen molar-refractivity contribution in [2.45, 2.75) is 51.5 Å². The van der Waals surface area contributed by atoms with Crippen LogP contribution in [0.15, 0.2) is 11.6 Å². The molecule has 2 heteroatoms. The molecule has 2 nitrogen and oxygen atoms in total. The molecule has 0 aromatic rings. The Morgan fingerprint density at radius 1 is 1.69 bits per heavy atom. The minimum absolute atomic E-state index is 0.218. The lowest BCUT2D eigenvalue weighted by atomic mass is 10.0. The number of carbonyl (C=O) groups excluding carboxylic acids is 1. The van der Waals surface area contributed by atoms with Gasteiger partial charge >= 0.3 is 0 Å². The SMILES string of the molecule is CCCC(N)C(=O)CC1=CCCC1. The van der Waals surface area contributed by atoms with E-state index in [0.29, 0.717) is 6.42 Å². The van der Waals surface area contributed by atoms with Gasteiger partial charge in [0, 0.05) is 6.42 Å². The van der Waals surface area contributed by atoms with Crippen LogP contribution in [0.25, 0.3) is 0 Å². The van der Waals surface area contributed by atoms with Crippen molar-refractivity contribution in [2.24, 2.45) is 5.73 Å². The molecule has 0 aromatic carbocycles. The highest BCUT2D eigenvalue weighted by molar-refractivity contribution is 5.85. The van der Waals surface area contributed by atoms with E-state index in [1.165, 1.54) is 12.0 Å². The minimum atomic E-state index is -0.230. The maximum atomic E-state index is 11.5. The Balaban J connectivity index is 2.31. The molecular formula is C11H19NO. The number of rotatable bonds is 5. The predicted molar refractivity (Wildman–Crippen MR) is 54.4 cm³/mol. The van der Waals surface area contributed by atoms with E-state index < -0.39 is 0 Å². The Morgan fingerprint density at radius 3 is 3.00 bits per heavy atom. The molecule has 1 rings (SSSR count). The van der Waals surface area contributed by atoms with Crippen molar-refractivity contribution >= 4 is 5.78 Å². The first-order chi connectivity index (χ1) is 6.24. The summed E-state index contributed by atoms with van der Waals surface area (Å²) in [5, 5.41) is 0. The Bertz CT molecular complexity index is 208. The Morgan fingerprint density at radius 2 is 2.46 bits per heavy atom.